The molecule has 1 fully saturated rings. The minimum absolute atomic E-state index is 0.0375. The van der Waals surface area contributed by atoms with E-state index in [2.05, 4.69) is 17.2 Å². The van der Waals surface area contributed by atoms with Crippen LogP contribution in [0.1, 0.15) is 23.3 Å². The van der Waals surface area contributed by atoms with Crippen LogP contribution in [0.25, 0.3) is 0 Å². The van der Waals surface area contributed by atoms with Crippen molar-refractivity contribution in [2.24, 2.45) is 5.73 Å². The van der Waals surface area contributed by atoms with Gasteiger partial charge in [-0.2, -0.15) is 0 Å². The SMILES string of the molecule is NCC#Cc1csc(CNC(=O)N2CCCC2)c1. The quantitative estimate of drug-likeness (QED) is 0.792. The molecular formula is C13H17N3OS. The van der Waals surface area contributed by atoms with Crippen molar-refractivity contribution in [3.63, 3.8) is 0 Å². The summed E-state index contributed by atoms with van der Waals surface area (Å²) in [5, 5.41) is 4.92. The van der Waals surface area contributed by atoms with E-state index >= 15 is 0 Å². The van der Waals surface area contributed by atoms with E-state index in [9.17, 15) is 4.79 Å². The van der Waals surface area contributed by atoms with Crippen LogP contribution in [0.15, 0.2) is 11.4 Å². The highest BCUT2D eigenvalue weighted by Crippen LogP contribution is 2.14. The van der Waals surface area contributed by atoms with Crippen molar-refractivity contribution in [1.29, 1.82) is 0 Å². The number of nitrogens with two attached hydrogens (primary N) is 1. The van der Waals surface area contributed by atoms with E-state index in [-0.39, 0.29) is 6.03 Å². The number of rotatable bonds is 2. The summed E-state index contributed by atoms with van der Waals surface area (Å²) in [6.45, 7) is 2.70. The van der Waals surface area contributed by atoms with Crippen molar-refractivity contribution in [3.8, 4) is 11.8 Å². The summed E-state index contributed by atoms with van der Waals surface area (Å²) in [4.78, 5) is 14.8. The molecule has 1 saturated heterocycles. The maximum Gasteiger partial charge on any atom is 0.317 e. The predicted molar refractivity (Wildman–Crippen MR) is 73.3 cm³/mol. The van der Waals surface area contributed by atoms with Gasteiger partial charge < -0.3 is 16.0 Å². The van der Waals surface area contributed by atoms with E-state index < -0.39 is 0 Å². The number of hydrogen-bond donors (Lipinski definition) is 2. The summed E-state index contributed by atoms with van der Waals surface area (Å²) in [7, 11) is 0. The number of carbonyl (C=O) groups is 1. The average molecular weight is 263 g/mol. The van der Waals surface area contributed by atoms with Gasteiger partial charge in [0.15, 0.2) is 0 Å². The minimum Gasteiger partial charge on any atom is -0.333 e. The van der Waals surface area contributed by atoms with Gasteiger partial charge in [0, 0.05) is 28.9 Å². The lowest BCUT2D eigenvalue weighted by Gasteiger charge is -2.15. The second-order valence-corrected chi connectivity index (χ2v) is 5.16. The lowest BCUT2D eigenvalue weighted by atomic mass is 10.3. The molecule has 0 bridgehead atoms. The number of urea groups is 1. The smallest absolute Gasteiger partial charge is 0.317 e. The third kappa shape index (κ3) is 3.49. The molecule has 96 valence electrons. The molecule has 2 heterocycles. The summed E-state index contributed by atoms with van der Waals surface area (Å²) in [5.74, 6) is 5.80. The molecule has 4 nitrogen and oxygen atoms in total. The monoisotopic (exact) mass is 263 g/mol. The maximum atomic E-state index is 11.8. The normalized spacial score (nSPS) is 14.2. The Kier molecular flexibility index (Phi) is 4.62. The summed E-state index contributed by atoms with van der Waals surface area (Å²) in [5.41, 5.74) is 6.29. The second-order valence-electron chi connectivity index (χ2n) is 4.16. The molecule has 0 atom stereocenters. The summed E-state index contributed by atoms with van der Waals surface area (Å²) >= 11 is 1.61. The zero-order valence-corrected chi connectivity index (χ0v) is 11.1. The van der Waals surface area contributed by atoms with E-state index in [1.165, 1.54) is 0 Å². The lowest BCUT2D eigenvalue weighted by Crippen LogP contribution is -2.37. The molecule has 18 heavy (non-hydrogen) atoms. The number of nitrogens with one attached hydrogen (secondary N) is 1. The number of thiophene rings is 1. The van der Waals surface area contributed by atoms with Crippen molar-refractivity contribution in [3.05, 3.63) is 21.9 Å². The highest BCUT2D eigenvalue weighted by Gasteiger charge is 2.17. The fourth-order valence-corrected chi connectivity index (χ4v) is 2.64. The molecule has 0 radical (unpaired) electrons. The van der Waals surface area contributed by atoms with E-state index in [1.807, 2.05) is 16.3 Å². The van der Waals surface area contributed by atoms with Crippen molar-refractivity contribution in [2.45, 2.75) is 19.4 Å². The lowest BCUT2D eigenvalue weighted by molar-refractivity contribution is 0.208. The minimum atomic E-state index is 0.0375. The first kappa shape index (κ1) is 12.9. The Morgan fingerprint density at radius 1 is 1.50 bits per heavy atom. The van der Waals surface area contributed by atoms with Crippen molar-refractivity contribution >= 4 is 17.4 Å². The number of amides is 2. The van der Waals surface area contributed by atoms with Gasteiger partial charge in [0.05, 0.1) is 13.1 Å². The Labute approximate surface area is 111 Å². The summed E-state index contributed by atoms with van der Waals surface area (Å²) < 4.78 is 0. The Morgan fingerprint density at radius 2 is 2.28 bits per heavy atom. The second kappa shape index (κ2) is 6.43. The van der Waals surface area contributed by atoms with Crippen LogP contribution in [0, 0.1) is 11.8 Å². The van der Waals surface area contributed by atoms with Crippen LogP contribution in [0.4, 0.5) is 4.79 Å². The molecule has 5 heteroatoms. The van der Waals surface area contributed by atoms with Crippen LogP contribution in [-0.4, -0.2) is 30.6 Å². The van der Waals surface area contributed by atoms with Crippen LogP contribution < -0.4 is 11.1 Å². The molecule has 0 aromatic carbocycles. The zero-order valence-electron chi connectivity index (χ0n) is 10.2. The molecule has 2 rings (SSSR count). The van der Waals surface area contributed by atoms with Crippen molar-refractivity contribution < 1.29 is 4.79 Å². The van der Waals surface area contributed by atoms with Crippen molar-refractivity contribution in [2.75, 3.05) is 19.6 Å². The molecule has 0 aliphatic carbocycles. The standard InChI is InChI=1S/C13H17N3OS/c14-5-3-4-11-8-12(18-10-11)9-15-13(17)16-6-1-2-7-16/h8,10H,1-2,5-7,9,14H2,(H,15,17). The van der Waals surface area contributed by atoms with E-state index in [0.717, 1.165) is 36.4 Å². The van der Waals surface area contributed by atoms with Gasteiger partial charge in [-0.3, -0.25) is 0 Å². The Balaban J connectivity index is 1.82. The Hall–Kier alpha value is -1.51. The molecule has 1 aliphatic heterocycles. The molecule has 0 saturated carbocycles. The van der Waals surface area contributed by atoms with Gasteiger partial charge in [-0.1, -0.05) is 11.8 Å². The van der Waals surface area contributed by atoms with Gasteiger partial charge in [0.2, 0.25) is 0 Å². The predicted octanol–water partition coefficient (Wildman–Crippen LogP) is 1.36. The highest BCUT2D eigenvalue weighted by molar-refractivity contribution is 7.10. The Bertz CT molecular complexity index is 466. The fraction of sp³-hybridized carbons (Fsp3) is 0.462. The largest absolute Gasteiger partial charge is 0.333 e. The fourth-order valence-electron chi connectivity index (χ4n) is 1.89. The van der Waals surface area contributed by atoms with E-state index in [1.54, 1.807) is 11.3 Å². The van der Waals surface area contributed by atoms with Crippen LogP contribution in [0.3, 0.4) is 0 Å². The number of hydrogen-bond acceptors (Lipinski definition) is 3. The number of likely N-dealkylation sites (tertiary alicyclic amines) is 1. The summed E-state index contributed by atoms with van der Waals surface area (Å²) in [6.07, 6.45) is 2.23. The molecule has 3 N–H and O–H groups in total. The van der Waals surface area contributed by atoms with Gasteiger partial charge in [0.25, 0.3) is 0 Å². The van der Waals surface area contributed by atoms with E-state index in [4.69, 9.17) is 5.73 Å². The molecule has 1 aromatic rings. The third-order valence-electron chi connectivity index (χ3n) is 2.80. The first-order chi connectivity index (χ1) is 8.79. The number of nitrogens with zero attached hydrogens (tertiary/aromatic N) is 1. The summed E-state index contributed by atoms with van der Waals surface area (Å²) in [6, 6.07) is 2.04. The molecule has 0 unspecified atom stereocenters. The molecule has 1 aromatic heterocycles. The Morgan fingerprint density at radius 3 is 3.00 bits per heavy atom. The maximum absolute atomic E-state index is 11.8. The van der Waals surface area contributed by atoms with Crippen LogP contribution in [0.2, 0.25) is 0 Å². The van der Waals surface area contributed by atoms with E-state index in [0.29, 0.717) is 13.1 Å². The van der Waals surface area contributed by atoms with Crippen LogP contribution in [-0.2, 0) is 6.54 Å². The van der Waals surface area contributed by atoms with Crippen molar-refractivity contribution in [1.82, 2.24) is 10.2 Å². The third-order valence-corrected chi connectivity index (χ3v) is 3.73. The number of carbonyl (C=O) groups excluding carboxylic acids is 1. The first-order valence-corrected chi connectivity index (χ1v) is 6.96. The first-order valence-electron chi connectivity index (χ1n) is 6.08. The average Bonchev–Trinajstić information content (AvgIpc) is 3.04. The molecule has 1 aliphatic rings. The van der Waals surface area contributed by atoms with Gasteiger partial charge in [0.1, 0.15) is 0 Å². The molecular weight excluding hydrogens is 246 g/mol. The van der Waals surface area contributed by atoms with Gasteiger partial charge in [-0.05, 0) is 18.9 Å². The topological polar surface area (TPSA) is 58.4 Å². The molecule has 2 amide bonds. The van der Waals surface area contributed by atoms with Crippen LogP contribution >= 0.6 is 11.3 Å². The van der Waals surface area contributed by atoms with Gasteiger partial charge in [-0.15, -0.1) is 11.3 Å². The van der Waals surface area contributed by atoms with Crippen LogP contribution in [0.5, 0.6) is 0 Å². The molecule has 0 spiro atoms. The van der Waals surface area contributed by atoms with Gasteiger partial charge in [-0.25, -0.2) is 4.79 Å². The van der Waals surface area contributed by atoms with Gasteiger partial charge >= 0.3 is 6.03 Å². The zero-order chi connectivity index (χ0) is 12.8. The highest BCUT2D eigenvalue weighted by atomic mass is 32.1.